The van der Waals surface area contributed by atoms with Crippen molar-refractivity contribution in [2.24, 2.45) is 0 Å². The number of hydrogen-bond acceptors (Lipinski definition) is 3. The van der Waals surface area contributed by atoms with E-state index >= 15 is 0 Å². The van der Waals surface area contributed by atoms with Gasteiger partial charge in [0, 0.05) is 6.54 Å². The van der Waals surface area contributed by atoms with Crippen molar-refractivity contribution in [2.45, 2.75) is 20.3 Å². The molecular weight excluding hydrogens is 270 g/mol. The molecule has 0 aliphatic heterocycles. The summed E-state index contributed by atoms with van der Waals surface area (Å²) in [6.45, 7) is 7.52. The highest BCUT2D eigenvalue weighted by Gasteiger charge is 2.15. The predicted octanol–water partition coefficient (Wildman–Crippen LogP) is 2.17. The highest BCUT2D eigenvalue weighted by Crippen LogP contribution is 2.22. The molecule has 5 heteroatoms. The lowest BCUT2D eigenvalue weighted by Gasteiger charge is -2.19. The first kappa shape index (κ1) is 16.8. The van der Waals surface area contributed by atoms with Crippen LogP contribution in [0.1, 0.15) is 17.5 Å². The van der Waals surface area contributed by atoms with Crippen LogP contribution in [0.3, 0.4) is 0 Å². The number of benzene rings is 1. The average Bonchev–Trinajstić information content (AvgIpc) is 2.41. The normalized spacial score (nSPS) is 10.0. The molecule has 0 atom stereocenters. The van der Waals surface area contributed by atoms with E-state index in [0.717, 1.165) is 16.9 Å². The zero-order chi connectivity index (χ0) is 15.8. The lowest BCUT2D eigenvalue weighted by Crippen LogP contribution is -2.36. The summed E-state index contributed by atoms with van der Waals surface area (Å²) in [6.07, 6.45) is 1.64. The van der Waals surface area contributed by atoms with Gasteiger partial charge in [0.25, 0.3) is 0 Å². The molecule has 1 N–H and O–H groups in total. The van der Waals surface area contributed by atoms with Gasteiger partial charge in [0.1, 0.15) is 12.3 Å². The van der Waals surface area contributed by atoms with Crippen LogP contribution < -0.4 is 4.74 Å². The summed E-state index contributed by atoms with van der Waals surface area (Å²) in [5.74, 6) is -0.525. The number of carbonyl (C=O) groups is 2. The fourth-order valence-electron chi connectivity index (χ4n) is 2.00. The maximum absolute atomic E-state index is 12.0. The molecule has 0 spiro atoms. The maximum atomic E-state index is 12.0. The third kappa shape index (κ3) is 5.30. The SMILES string of the molecule is C=CCN(CC(=O)O)C(=O)CCOc1c(C)cccc1C. The molecule has 0 aliphatic carbocycles. The zero-order valence-electron chi connectivity index (χ0n) is 12.5. The average molecular weight is 291 g/mol. The molecule has 0 saturated heterocycles. The van der Waals surface area contributed by atoms with E-state index in [4.69, 9.17) is 9.84 Å². The molecule has 1 rings (SSSR count). The summed E-state index contributed by atoms with van der Waals surface area (Å²) >= 11 is 0. The van der Waals surface area contributed by atoms with Crippen molar-refractivity contribution in [2.75, 3.05) is 19.7 Å². The molecule has 0 saturated carbocycles. The van der Waals surface area contributed by atoms with Crippen molar-refractivity contribution in [1.29, 1.82) is 0 Å². The number of amides is 1. The number of hydrogen-bond donors (Lipinski definition) is 1. The summed E-state index contributed by atoms with van der Waals surface area (Å²) in [7, 11) is 0. The van der Waals surface area contributed by atoms with E-state index in [1.807, 2.05) is 32.0 Å². The van der Waals surface area contributed by atoms with Gasteiger partial charge in [-0.1, -0.05) is 24.3 Å². The van der Waals surface area contributed by atoms with Gasteiger partial charge < -0.3 is 14.7 Å². The van der Waals surface area contributed by atoms with Gasteiger partial charge in [-0.2, -0.15) is 0 Å². The zero-order valence-corrected chi connectivity index (χ0v) is 12.5. The van der Waals surface area contributed by atoms with E-state index in [0.29, 0.717) is 0 Å². The van der Waals surface area contributed by atoms with Gasteiger partial charge in [-0.05, 0) is 25.0 Å². The van der Waals surface area contributed by atoms with E-state index in [9.17, 15) is 9.59 Å². The molecule has 1 aromatic carbocycles. The predicted molar refractivity (Wildman–Crippen MR) is 80.4 cm³/mol. The van der Waals surface area contributed by atoms with Gasteiger partial charge in [-0.15, -0.1) is 6.58 Å². The van der Waals surface area contributed by atoms with Crippen molar-refractivity contribution >= 4 is 11.9 Å². The van der Waals surface area contributed by atoms with Crippen LogP contribution in [0, 0.1) is 13.8 Å². The second kappa shape index (κ2) is 8.09. The summed E-state index contributed by atoms with van der Waals surface area (Å²) < 4.78 is 5.65. The van der Waals surface area contributed by atoms with Crippen LogP contribution in [0.4, 0.5) is 0 Å². The first-order chi connectivity index (χ1) is 9.95. The largest absolute Gasteiger partial charge is 0.493 e. The maximum Gasteiger partial charge on any atom is 0.323 e. The van der Waals surface area contributed by atoms with Crippen molar-refractivity contribution in [1.82, 2.24) is 4.90 Å². The van der Waals surface area contributed by atoms with Crippen LogP contribution in [0.2, 0.25) is 0 Å². The van der Waals surface area contributed by atoms with E-state index < -0.39 is 5.97 Å². The molecule has 0 fully saturated rings. The Morgan fingerprint density at radius 1 is 1.33 bits per heavy atom. The number of nitrogens with zero attached hydrogens (tertiary/aromatic N) is 1. The van der Waals surface area contributed by atoms with Crippen LogP contribution in [-0.2, 0) is 9.59 Å². The molecular formula is C16H21NO4. The minimum absolute atomic E-state index is 0.134. The molecule has 0 aromatic heterocycles. The van der Waals surface area contributed by atoms with Crippen LogP contribution in [0.15, 0.2) is 30.9 Å². The fraction of sp³-hybridized carbons (Fsp3) is 0.375. The summed E-state index contributed by atoms with van der Waals surface area (Å²) in [5, 5.41) is 8.78. The van der Waals surface area contributed by atoms with E-state index in [-0.39, 0.29) is 32.0 Å². The summed E-state index contributed by atoms with van der Waals surface area (Å²) in [6, 6.07) is 5.83. The molecule has 0 unspecified atom stereocenters. The highest BCUT2D eigenvalue weighted by atomic mass is 16.5. The standard InChI is InChI=1S/C16H21NO4/c1-4-9-17(11-15(19)20)14(18)8-10-21-16-12(2)6-5-7-13(16)3/h4-7H,1,8-11H2,2-3H3,(H,19,20). The third-order valence-electron chi connectivity index (χ3n) is 3.00. The van der Waals surface area contributed by atoms with Crippen LogP contribution >= 0.6 is 0 Å². The Balaban J connectivity index is 2.55. The van der Waals surface area contributed by atoms with Crippen molar-refractivity contribution in [3.63, 3.8) is 0 Å². The second-order valence-electron chi connectivity index (χ2n) is 4.78. The van der Waals surface area contributed by atoms with Gasteiger partial charge in [-0.3, -0.25) is 9.59 Å². The lowest BCUT2D eigenvalue weighted by molar-refractivity contribution is -0.144. The number of aliphatic carboxylic acids is 1. The Morgan fingerprint density at radius 2 is 1.95 bits per heavy atom. The van der Waals surface area contributed by atoms with Crippen molar-refractivity contribution in [3.05, 3.63) is 42.0 Å². The van der Waals surface area contributed by atoms with Crippen molar-refractivity contribution < 1.29 is 19.4 Å². The Kier molecular flexibility index (Phi) is 6.46. The minimum atomic E-state index is -1.04. The van der Waals surface area contributed by atoms with Crippen LogP contribution in [0.25, 0.3) is 0 Å². The van der Waals surface area contributed by atoms with Crippen LogP contribution in [0.5, 0.6) is 5.75 Å². The number of aryl methyl sites for hydroxylation is 2. The van der Waals surface area contributed by atoms with Gasteiger partial charge in [0.05, 0.1) is 13.0 Å². The Labute approximate surface area is 124 Å². The fourth-order valence-corrected chi connectivity index (χ4v) is 2.00. The van der Waals surface area contributed by atoms with Crippen molar-refractivity contribution in [3.8, 4) is 5.75 Å². The molecule has 1 amide bonds. The van der Waals surface area contributed by atoms with E-state index in [1.165, 1.54) is 11.0 Å². The monoisotopic (exact) mass is 291 g/mol. The van der Waals surface area contributed by atoms with Crippen LogP contribution in [-0.4, -0.2) is 41.6 Å². The first-order valence-electron chi connectivity index (χ1n) is 6.75. The quantitative estimate of drug-likeness (QED) is 0.745. The molecule has 0 bridgehead atoms. The molecule has 21 heavy (non-hydrogen) atoms. The number of rotatable bonds is 8. The first-order valence-corrected chi connectivity index (χ1v) is 6.75. The van der Waals surface area contributed by atoms with E-state index in [2.05, 4.69) is 6.58 Å². The molecule has 114 valence electrons. The Hall–Kier alpha value is -2.30. The lowest BCUT2D eigenvalue weighted by atomic mass is 10.1. The number of para-hydroxylation sites is 1. The smallest absolute Gasteiger partial charge is 0.323 e. The number of carboxylic acid groups (broad SMARTS) is 1. The number of ether oxygens (including phenoxy) is 1. The molecule has 1 aromatic rings. The highest BCUT2D eigenvalue weighted by molar-refractivity contribution is 5.81. The Morgan fingerprint density at radius 3 is 2.48 bits per heavy atom. The topological polar surface area (TPSA) is 66.8 Å². The molecule has 0 aliphatic rings. The number of carbonyl (C=O) groups excluding carboxylic acids is 1. The minimum Gasteiger partial charge on any atom is -0.493 e. The van der Waals surface area contributed by atoms with Gasteiger partial charge in [0.2, 0.25) is 5.91 Å². The Bertz CT molecular complexity index is 505. The summed E-state index contributed by atoms with van der Waals surface area (Å²) in [5.41, 5.74) is 2.02. The molecule has 5 nitrogen and oxygen atoms in total. The van der Waals surface area contributed by atoms with Gasteiger partial charge in [0.15, 0.2) is 0 Å². The third-order valence-corrected chi connectivity index (χ3v) is 3.00. The second-order valence-corrected chi connectivity index (χ2v) is 4.78. The number of carboxylic acids is 1. The summed E-state index contributed by atoms with van der Waals surface area (Å²) in [4.78, 5) is 23.9. The van der Waals surface area contributed by atoms with Gasteiger partial charge in [-0.25, -0.2) is 0 Å². The van der Waals surface area contributed by atoms with E-state index in [1.54, 1.807) is 0 Å². The molecule has 0 heterocycles. The molecule has 0 radical (unpaired) electrons. The van der Waals surface area contributed by atoms with Gasteiger partial charge >= 0.3 is 5.97 Å².